The van der Waals surface area contributed by atoms with E-state index in [2.05, 4.69) is 4.98 Å². The molecule has 120 valence electrons. The molecule has 0 fully saturated rings. The van der Waals surface area contributed by atoms with E-state index in [4.69, 9.17) is 9.47 Å². The Morgan fingerprint density at radius 1 is 1.41 bits per heavy atom. The molecule has 6 heteroatoms. The maximum Gasteiger partial charge on any atom is 0.303 e. The highest BCUT2D eigenvalue weighted by Gasteiger charge is 2.38. The lowest BCUT2D eigenvalue weighted by Crippen LogP contribution is -2.41. The largest absolute Gasteiger partial charge is 0.457 e. The van der Waals surface area contributed by atoms with Crippen LogP contribution in [0, 0.1) is 12.3 Å². The molecule has 5 nitrogen and oxygen atoms in total. The Morgan fingerprint density at radius 3 is 2.59 bits per heavy atom. The normalized spacial score (nSPS) is 14.4. The van der Waals surface area contributed by atoms with E-state index in [1.807, 2.05) is 49.9 Å². The smallest absolute Gasteiger partial charge is 0.303 e. The standard InChI is InChI=1S/C16H22N2O3S/c1-11-8-13(22-9-11)21-15(18-7-6-17-10-18)14(16(3,4)5)20-12(2)19/h6-10,14-15H,1-5H3. The third-order valence-corrected chi connectivity index (χ3v) is 4.10. The summed E-state index contributed by atoms with van der Waals surface area (Å²) in [4.78, 5) is 15.6. The monoisotopic (exact) mass is 322 g/mol. The van der Waals surface area contributed by atoms with Crippen molar-refractivity contribution in [3.05, 3.63) is 35.7 Å². The number of carbonyl (C=O) groups excluding carboxylic acids is 1. The van der Waals surface area contributed by atoms with E-state index in [0.29, 0.717) is 0 Å². The van der Waals surface area contributed by atoms with Crippen LogP contribution in [0.25, 0.3) is 0 Å². The average molecular weight is 322 g/mol. The molecule has 0 aliphatic rings. The summed E-state index contributed by atoms with van der Waals surface area (Å²) in [6.07, 6.45) is 4.26. The third-order valence-electron chi connectivity index (χ3n) is 3.17. The van der Waals surface area contributed by atoms with Gasteiger partial charge in [0.05, 0.1) is 6.33 Å². The number of ether oxygens (including phenoxy) is 2. The van der Waals surface area contributed by atoms with Crippen molar-refractivity contribution in [1.29, 1.82) is 0 Å². The van der Waals surface area contributed by atoms with Gasteiger partial charge in [-0.3, -0.25) is 9.36 Å². The summed E-state index contributed by atoms with van der Waals surface area (Å²) in [5.74, 6) is -0.323. The van der Waals surface area contributed by atoms with Gasteiger partial charge in [-0.25, -0.2) is 4.98 Å². The van der Waals surface area contributed by atoms with Crippen molar-refractivity contribution in [2.75, 3.05) is 0 Å². The summed E-state index contributed by atoms with van der Waals surface area (Å²) in [5.41, 5.74) is 0.858. The number of aromatic nitrogens is 2. The minimum absolute atomic E-state index is 0.285. The van der Waals surface area contributed by atoms with Crippen LogP contribution in [0.1, 0.15) is 39.5 Å². The quantitative estimate of drug-likeness (QED) is 0.786. The van der Waals surface area contributed by atoms with E-state index < -0.39 is 12.3 Å². The second kappa shape index (κ2) is 6.52. The topological polar surface area (TPSA) is 53.4 Å². The van der Waals surface area contributed by atoms with E-state index in [9.17, 15) is 4.79 Å². The summed E-state index contributed by atoms with van der Waals surface area (Å²) in [5, 5.41) is 2.82. The SMILES string of the molecule is CC(=O)OC(C(Oc1cc(C)cs1)n1ccnc1)C(C)(C)C. The number of esters is 1. The van der Waals surface area contributed by atoms with Gasteiger partial charge >= 0.3 is 5.97 Å². The highest BCUT2D eigenvalue weighted by molar-refractivity contribution is 7.12. The number of imidazole rings is 1. The first kappa shape index (κ1) is 16.5. The molecule has 0 saturated carbocycles. The van der Waals surface area contributed by atoms with E-state index >= 15 is 0 Å². The summed E-state index contributed by atoms with van der Waals surface area (Å²) in [6, 6.07) is 1.97. The zero-order valence-corrected chi connectivity index (χ0v) is 14.4. The van der Waals surface area contributed by atoms with Crippen molar-refractivity contribution in [2.24, 2.45) is 5.41 Å². The molecule has 2 rings (SSSR count). The van der Waals surface area contributed by atoms with Gasteiger partial charge in [-0.15, -0.1) is 11.3 Å². The molecule has 0 spiro atoms. The van der Waals surface area contributed by atoms with Crippen LogP contribution in [0.2, 0.25) is 0 Å². The minimum atomic E-state index is -0.468. The van der Waals surface area contributed by atoms with E-state index in [1.54, 1.807) is 12.5 Å². The van der Waals surface area contributed by atoms with Crippen LogP contribution in [0.4, 0.5) is 0 Å². The second-order valence-electron chi connectivity index (χ2n) is 6.36. The van der Waals surface area contributed by atoms with Gasteiger partial charge < -0.3 is 9.47 Å². The van der Waals surface area contributed by atoms with Gasteiger partial charge in [0.25, 0.3) is 0 Å². The van der Waals surface area contributed by atoms with Gasteiger partial charge in [0.2, 0.25) is 6.23 Å². The van der Waals surface area contributed by atoms with Crippen LogP contribution in [0.3, 0.4) is 0 Å². The van der Waals surface area contributed by atoms with Gasteiger partial charge in [-0.05, 0) is 23.9 Å². The maximum absolute atomic E-state index is 11.5. The Balaban J connectivity index is 2.35. The van der Waals surface area contributed by atoms with Crippen LogP contribution >= 0.6 is 11.3 Å². The summed E-state index contributed by atoms with van der Waals surface area (Å²) in [7, 11) is 0. The highest BCUT2D eigenvalue weighted by Crippen LogP contribution is 2.35. The van der Waals surface area contributed by atoms with Crippen molar-refractivity contribution in [3.8, 4) is 5.06 Å². The Bertz CT molecular complexity index is 614. The fourth-order valence-electron chi connectivity index (χ4n) is 2.13. The third kappa shape index (κ3) is 4.10. The lowest BCUT2D eigenvalue weighted by Gasteiger charge is -2.36. The van der Waals surface area contributed by atoms with Crippen molar-refractivity contribution in [2.45, 2.75) is 47.0 Å². The van der Waals surface area contributed by atoms with Gasteiger partial charge in [0.1, 0.15) is 0 Å². The number of nitrogens with zero attached hydrogens (tertiary/aromatic N) is 2. The van der Waals surface area contributed by atoms with Gasteiger partial charge in [0.15, 0.2) is 11.2 Å². The Hall–Kier alpha value is -1.82. The van der Waals surface area contributed by atoms with Crippen molar-refractivity contribution in [3.63, 3.8) is 0 Å². The van der Waals surface area contributed by atoms with Crippen molar-refractivity contribution >= 4 is 17.3 Å². The molecule has 0 aliphatic heterocycles. The predicted octanol–water partition coefficient (Wildman–Crippen LogP) is 3.81. The fraction of sp³-hybridized carbons (Fsp3) is 0.500. The van der Waals surface area contributed by atoms with Crippen LogP contribution in [0.15, 0.2) is 30.2 Å². The predicted molar refractivity (Wildman–Crippen MR) is 86.0 cm³/mol. The van der Waals surface area contributed by atoms with Gasteiger partial charge in [-0.1, -0.05) is 20.8 Å². The molecule has 2 atom stereocenters. The van der Waals surface area contributed by atoms with Gasteiger partial charge in [-0.2, -0.15) is 0 Å². The Morgan fingerprint density at radius 2 is 2.14 bits per heavy atom. The molecule has 0 amide bonds. The zero-order chi connectivity index (χ0) is 16.3. The molecule has 0 aliphatic carbocycles. The molecule has 0 bridgehead atoms. The fourth-order valence-corrected chi connectivity index (χ4v) is 2.90. The number of hydrogen-bond donors (Lipinski definition) is 0. The summed E-state index contributed by atoms with van der Waals surface area (Å²) >= 11 is 1.53. The molecular weight excluding hydrogens is 300 g/mol. The Labute approximate surface area is 134 Å². The first-order valence-electron chi connectivity index (χ1n) is 7.14. The number of aryl methyl sites for hydroxylation is 1. The summed E-state index contributed by atoms with van der Waals surface area (Å²) in [6.45, 7) is 9.50. The van der Waals surface area contributed by atoms with Gasteiger partial charge in [0, 0.05) is 24.7 Å². The first-order chi connectivity index (χ1) is 10.3. The molecule has 0 saturated heterocycles. The van der Waals surface area contributed by atoms with Crippen molar-refractivity contribution in [1.82, 2.24) is 9.55 Å². The molecule has 2 aromatic rings. The first-order valence-corrected chi connectivity index (χ1v) is 8.02. The lowest BCUT2D eigenvalue weighted by molar-refractivity contribution is -0.165. The molecule has 0 N–H and O–H groups in total. The van der Waals surface area contributed by atoms with Crippen LogP contribution < -0.4 is 4.74 Å². The molecule has 2 aromatic heterocycles. The van der Waals surface area contributed by atoms with E-state index in [1.165, 1.54) is 18.3 Å². The van der Waals surface area contributed by atoms with Crippen molar-refractivity contribution < 1.29 is 14.3 Å². The summed E-state index contributed by atoms with van der Waals surface area (Å²) < 4.78 is 13.5. The molecule has 2 unspecified atom stereocenters. The second-order valence-corrected chi connectivity index (χ2v) is 7.23. The zero-order valence-electron chi connectivity index (χ0n) is 13.6. The van der Waals surface area contributed by atoms with E-state index in [-0.39, 0.29) is 11.4 Å². The highest BCUT2D eigenvalue weighted by atomic mass is 32.1. The number of rotatable bonds is 5. The number of hydrogen-bond acceptors (Lipinski definition) is 5. The Kier molecular flexibility index (Phi) is 4.90. The molecular formula is C16H22N2O3S. The number of thiophene rings is 1. The van der Waals surface area contributed by atoms with Crippen LogP contribution in [-0.4, -0.2) is 21.6 Å². The van der Waals surface area contributed by atoms with Crippen LogP contribution in [-0.2, 0) is 9.53 Å². The molecule has 2 heterocycles. The molecule has 22 heavy (non-hydrogen) atoms. The minimum Gasteiger partial charge on any atom is -0.457 e. The maximum atomic E-state index is 11.5. The average Bonchev–Trinajstić information content (AvgIpc) is 3.03. The number of carbonyl (C=O) groups is 1. The molecule has 0 radical (unpaired) electrons. The molecule has 0 aromatic carbocycles. The lowest BCUT2D eigenvalue weighted by atomic mass is 9.87. The van der Waals surface area contributed by atoms with E-state index in [0.717, 1.165) is 10.6 Å². The van der Waals surface area contributed by atoms with Crippen LogP contribution in [0.5, 0.6) is 5.06 Å².